The Morgan fingerprint density at radius 1 is 1.21 bits per heavy atom. The van der Waals surface area contributed by atoms with E-state index in [2.05, 4.69) is 10.6 Å². The third-order valence-electron chi connectivity index (χ3n) is 5.59. The number of ether oxygens (including phenoxy) is 2. The van der Waals surface area contributed by atoms with E-state index >= 15 is 0 Å². The number of carbonyl (C=O) groups is 3. The van der Waals surface area contributed by atoms with Crippen LogP contribution in [0.1, 0.15) is 30.1 Å². The SMILES string of the molecule is CC1Oc2ccc(C(=O)C3CCN(C(=O)C4COCCN4)CC3)cc2NC1=O. The van der Waals surface area contributed by atoms with Gasteiger partial charge in [0.2, 0.25) is 5.91 Å². The maximum absolute atomic E-state index is 12.9. The molecule has 0 spiro atoms. The molecule has 0 radical (unpaired) electrons. The van der Waals surface area contributed by atoms with Gasteiger partial charge >= 0.3 is 0 Å². The van der Waals surface area contributed by atoms with Crippen molar-refractivity contribution < 1.29 is 23.9 Å². The second-order valence-electron chi connectivity index (χ2n) is 7.51. The normalized spacial score (nSPS) is 25.5. The molecule has 8 nitrogen and oxygen atoms in total. The number of hydrogen-bond donors (Lipinski definition) is 2. The van der Waals surface area contributed by atoms with Crippen molar-refractivity contribution in [1.82, 2.24) is 10.2 Å². The minimum absolute atomic E-state index is 0.0434. The first-order valence-corrected chi connectivity index (χ1v) is 9.78. The topological polar surface area (TPSA) is 97.0 Å². The first-order valence-electron chi connectivity index (χ1n) is 9.78. The summed E-state index contributed by atoms with van der Waals surface area (Å²) >= 11 is 0. The molecular weight excluding hydrogens is 362 g/mol. The molecule has 2 amide bonds. The van der Waals surface area contributed by atoms with Crippen molar-refractivity contribution in [2.24, 2.45) is 5.92 Å². The largest absolute Gasteiger partial charge is 0.479 e. The zero-order chi connectivity index (χ0) is 19.7. The number of Topliss-reactive ketones (excluding diaryl/α,β-unsaturated/α-hetero) is 1. The van der Waals surface area contributed by atoms with Crippen LogP contribution >= 0.6 is 0 Å². The van der Waals surface area contributed by atoms with Crippen LogP contribution in [0.15, 0.2) is 18.2 Å². The highest BCUT2D eigenvalue weighted by atomic mass is 16.5. The molecule has 2 saturated heterocycles. The standard InChI is InChI=1S/C20H25N3O5/c1-12-19(25)22-15-10-14(2-3-17(15)28-12)18(24)13-4-7-23(8-5-13)20(26)16-11-27-9-6-21-16/h2-3,10,12-13,16,21H,4-9,11H2,1H3,(H,22,25). The second-order valence-corrected chi connectivity index (χ2v) is 7.51. The number of nitrogens with zero attached hydrogens (tertiary/aromatic N) is 1. The van der Waals surface area contributed by atoms with Gasteiger partial charge in [-0.3, -0.25) is 14.4 Å². The fraction of sp³-hybridized carbons (Fsp3) is 0.550. The zero-order valence-corrected chi connectivity index (χ0v) is 15.9. The summed E-state index contributed by atoms with van der Waals surface area (Å²) in [6.07, 6.45) is 0.726. The number of morpholine rings is 1. The Hall–Kier alpha value is -2.45. The molecule has 0 aliphatic carbocycles. The number of rotatable bonds is 3. The molecule has 28 heavy (non-hydrogen) atoms. The van der Waals surface area contributed by atoms with Crippen LogP contribution in [-0.4, -0.2) is 67.5 Å². The van der Waals surface area contributed by atoms with Crippen molar-refractivity contribution in [3.05, 3.63) is 23.8 Å². The van der Waals surface area contributed by atoms with Crippen LogP contribution in [0.5, 0.6) is 5.75 Å². The first-order chi connectivity index (χ1) is 13.5. The highest BCUT2D eigenvalue weighted by Crippen LogP contribution is 2.32. The molecule has 150 valence electrons. The molecule has 2 unspecified atom stereocenters. The monoisotopic (exact) mass is 387 g/mol. The molecule has 4 rings (SSSR count). The predicted molar refractivity (Wildman–Crippen MR) is 101 cm³/mol. The van der Waals surface area contributed by atoms with Crippen LogP contribution in [0.2, 0.25) is 0 Å². The van der Waals surface area contributed by atoms with E-state index < -0.39 is 6.10 Å². The Labute approximate surface area is 163 Å². The van der Waals surface area contributed by atoms with Crippen molar-refractivity contribution in [1.29, 1.82) is 0 Å². The Bertz CT molecular complexity index is 782. The van der Waals surface area contributed by atoms with E-state index in [1.54, 1.807) is 25.1 Å². The molecule has 1 aromatic rings. The van der Waals surface area contributed by atoms with Crippen LogP contribution in [0.25, 0.3) is 0 Å². The van der Waals surface area contributed by atoms with E-state index in [4.69, 9.17) is 9.47 Å². The fourth-order valence-electron chi connectivity index (χ4n) is 3.90. The van der Waals surface area contributed by atoms with Crippen LogP contribution in [-0.2, 0) is 14.3 Å². The highest BCUT2D eigenvalue weighted by Gasteiger charge is 2.32. The highest BCUT2D eigenvalue weighted by molar-refractivity contribution is 6.02. The number of fused-ring (bicyclic) bond motifs is 1. The fourth-order valence-corrected chi connectivity index (χ4v) is 3.90. The molecule has 0 aromatic heterocycles. The molecule has 3 aliphatic rings. The lowest BCUT2D eigenvalue weighted by molar-refractivity contribution is -0.137. The Morgan fingerprint density at radius 2 is 2.00 bits per heavy atom. The maximum Gasteiger partial charge on any atom is 0.265 e. The van der Waals surface area contributed by atoms with Crippen molar-refractivity contribution >= 4 is 23.3 Å². The van der Waals surface area contributed by atoms with E-state index in [0.29, 0.717) is 62.7 Å². The molecule has 0 saturated carbocycles. The van der Waals surface area contributed by atoms with Crippen molar-refractivity contribution in [3.63, 3.8) is 0 Å². The molecule has 3 heterocycles. The predicted octanol–water partition coefficient (Wildman–Crippen LogP) is 0.816. The average molecular weight is 387 g/mol. The molecule has 8 heteroatoms. The van der Waals surface area contributed by atoms with Crippen LogP contribution < -0.4 is 15.4 Å². The van der Waals surface area contributed by atoms with Crippen LogP contribution in [0.3, 0.4) is 0 Å². The van der Waals surface area contributed by atoms with E-state index in [0.717, 1.165) is 0 Å². The van der Waals surface area contributed by atoms with Gasteiger partial charge in [-0.25, -0.2) is 0 Å². The molecule has 2 atom stereocenters. The zero-order valence-electron chi connectivity index (χ0n) is 15.9. The number of piperidine rings is 1. The summed E-state index contributed by atoms with van der Waals surface area (Å²) in [5.74, 6) is 0.322. The van der Waals surface area contributed by atoms with Gasteiger partial charge in [-0.15, -0.1) is 0 Å². The number of nitrogens with one attached hydrogen (secondary N) is 2. The molecule has 1 aromatic carbocycles. The van der Waals surface area contributed by atoms with Gasteiger partial charge in [0.15, 0.2) is 11.9 Å². The number of ketones is 1. The van der Waals surface area contributed by atoms with Gasteiger partial charge in [-0.2, -0.15) is 0 Å². The number of amides is 2. The summed E-state index contributed by atoms with van der Waals surface area (Å²) in [5.41, 5.74) is 1.09. The van der Waals surface area contributed by atoms with E-state index in [1.165, 1.54) is 0 Å². The summed E-state index contributed by atoms with van der Waals surface area (Å²) in [5, 5.41) is 5.96. The summed E-state index contributed by atoms with van der Waals surface area (Å²) in [6, 6.07) is 4.87. The first kappa shape index (κ1) is 18.9. The Morgan fingerprint density at radius 3 is 2.71 bits per heavy atom. The summed E-state index contributed by atoms with van der Waals surface area (Å²) in [4.78, 5) is 39.1. The quantitative estimate of drug-likeness (QED) is 0.746. The van der Waals surface area contributed by atoms with Crippen LogP contribution in [0.4, 0.5) is 5.69 Å². The van der Waals surface area contributed by atoms with Crippen molar-refractivity contribution in [3.8, 4) is 5.75 Å². The van der Waals surface area contributed by atoms with Crippen LogP contribution in [0, 0.1) is 5.92 Å². The summed E-state index contributed by atoms with van der Waals surface area (Å²) in [6.45, 7) is 4.53. The molecule has 2 N–H and O–H groups in total. The average Bonchev–Trinajstić information content (AvgIpc) is 2.74. The summed E-state index contributed by atoms with van der Waals surface area (Å²) in [7, 11) is 0. The van der Waals surface area contributed by atoms with E-state index in [1.807, 2.05) is 4.90 Å². The maximum atomic E-state index is 12.9. The van der Waals surface area contributed by atoms with E-state index in [9.17, 15) is 14.4 Å². The van der Waals surface area contributed by atoms with Crippen molar-refractivity contribution in [2.75, 3.05) is 38.2 Å². The van der Waals surface area contributed by atoms with E-state index in [-0.39, 0.29) is 29.6 Å². The van der Waals surface area contributed by atoms with Gasteiger partial charge in [0.05, 0.1) is 18.9 Å². The summed E-state index contributed by atoms with van der Waals surface area (Å²) < 4.78 is 10.9. The lowest BCUT2D eigenvalue weighted by Gasteiger charge is -2.35. The molecule has 0 bridgehead atoms. The minimum atomic E-state index is -0.542. The number of anilines is 1. The molecule has 2 fully saturated rings. The lowest BCUT2D eigenvalue weighted by atomic mass is 9.88. The Kier molecular flexibility index (Phi) is 5.32. The molecule has 3 aliphatic heterocycles. The third-order valence-corrected chi connectivity index (χ3v) is 5.59. The van der Waals surface area contributed by atoms with Gasteiger partial charge in [0.25, 0.3) is 5.91 Å². The van der Waals surface area contributed by atoms with Gasteiger partial charge in [0, 0.05) is 31.1 Å². The third kappa shape index (κ3) is 3.74. The number of carbonyl (C=O) groups excluding carboxylic acids is 3. The van der Waals surface area contributed by atoms with Crippen molar-refractivity contribution in [2.45, 2.75) is 31.9 Å². The second kappa shape index (κ2) is 7.89. The lowest BCUT2D eigenvalue weighted by Crippen LogP contribution is -2.54. The molecular formula is C20H25N3O5. The smallest absolute Gasteiger partial charge is 0.265 e. The Balaban J connectivity index is 1.37. The number of benzene rings is 1. The number of likely N-dealkylation sites (tertiary alicyclic amines) is 1. The van der Waals surface area contributed by atoms with Gasteiger partial charge < -0.3 is 25.0 Å². The van der Waals surface area contributed by atoms with Gasteiger partial charge in [-0.05, 0) is 38.0 Å². The number of hydrogen-bond acceptors (Lipinski definition) is 6. The van der Waals surface area contributed by atoms with Gasteiger partial charge in [0.1, 0.15) is 11.8 Å². The minimum Gasteiger partial charge on any atom is -0.479 e. The van der Waals surface area contributed by atoms with Gasteiger partial charge in [-0.1, -0.05) is 0 Å².